The maximum Gasteiger partial charge on any atom is 1.00 e. The molecule has 4 saturated heterocycles. The highest BCUT2D eigenvalue weighted by Crippen LogP contribution is 2.38. The average molecular weight is 992 g/mol. The molecule has 4 unspecified atom stereocenters. The molecular formula is C42H71N16O12+. The van der Waals surface area contributed by atoms with Crippen LogP contribution in [0.15, 0.2) is 43.3 Å². The van der Waals surface area contributed by atoms with E-state index in [1.165, 1.54) is 34.7 Å². The van der Waals surface area contributed by atoms with Crippen LogP contribution in [0.4, 0.5) is 0 Å². The molecule has 0 aromatic carbocycles. The summed E-state index contributed by atoms with van der Waals surface area (Å²) in [5.41, 5.74) is 0.145. The van der Waals surface area contributed by atoms with Crippen molar-refractivity contribution in [3.63, 3.8) is 0 Å². The molecule has 0 aromatic heterocycles. The summed E-state index contributed by atoms with van der Waals surface area (Å²) in [6.07, 6.45) is 11.7. The van der Waals surface area contributed by atoms with Crippen LogP contribution in [0.1, 0.15) is 86.9 Å². The third-order valence-electron chi connectivity index (χ3n) is 12.2. The standard InChI is InChI=1S/C11H17N5O3.C10H15N5O3.C10H17N3O3.C7H13NO.C3H4N2O2.CH4/c1-14-7-4-9-11(8-14,10(17)15(2)13-9)5-3-6-12-16(18)19;1-14-9(16)10(4-2-5-12-15(17)18)7-11-6-3-8(10)13-14;1-10(5-3-6-11-13(15)16)8-12(2)7-4-9(10)14;1-6-5-8(2)4-3-7(6)9;1-2-3-4-5(6)7;/h6H,3-5,7-8H2,1-2H3;5,11H,2-4,6-7H2,1H3;6H,3-5,7-8H2,1-2H3;6H,3-5H2,1-2H3;2-3H,1H2;1H4/p+1/b12-6+;12-5+;11-6+;;4-3+;. The Balaban J connectivity index is 0.000000891. The summed E-state index contributed by atoms with van der Waals surface area (Å²) in [5, 5.41) is 63.0. The van der Waals surface area contributed by atoms with Crippen LogP contribution in [0, 0.1) is 62.6 Å². The van der Waals surface area contributed by atoms with Gasteiger partial charge in [0.25, 0.3) is 11.8 Å². The van der Waals surface area contributed by atoms with Crippen LogP contribution < -0.4 is 5.32 Å². The van der Waals surface area contributed by atoms with Crippen molar-refractivity contribution < 1.29 is 40.7 Å². The lowest BCUT2D eigenvalue weighted by Gasteiger charge is -2.37. The number of Topliss-reactive ketones (excluding diaryl/α,β-unsaturated/α-hetero) is 2. The number of likely N-dealkylation sites (tertiary alicyclic amines) is 3. The first-order valence-corrected chi connectivity index (χ1v) is 22.3. The Morgan fingerprint density at radius 3 is 1.63 bits per heavy atom. The number of piperidine rings is 4. The summed E-state index contributed by atoms with van der Waals surface area (Å²) in [7, 11) is 9.30. The predicted octanol–water partition coefficient (Wildman–Crippen LogP) is 2.67. The van der Waals surface area contributed by atoms with Gasteiger partial charge in [-0.15, -0.1) is 0 Å². The molecule has 28 heteroatoms. The van der Waals surface area contributed by atoms with Gasteiger partial charge in [0.15, 0.2) is 20.1 Å². The number of amides is 2. The van der Waals surface area contributed by atoms with E-state index in [-0.39, 0.29) is 37.8 Å². The maximum atomic E-state index is 12.3. The van der Waals surface area contributed by atoms with Gasteiger partial charge < -0.3 is 20.0 Å². The SMILES string of the molecule is C.C=C/C=N/[N+](=O)[O-].CC1CN(C)CCC1=O.CN1CCC(=O)C(C)(CC/C=N/[N+](=O)[O-])C1.CN1CCC2=NN(C)C(=O)C2(CC/C=N/[N+](=O)[O-])C1.CN1N=C2CCNCC2(CC/C=N/[N+](=O)[O-])C1=O.[H+]. The monoisotopic (exact) mass is 992 g/mol. The number of allylic oxidation sites excluding steroid dienone is 1. The molecular weight excluding hydrogens is 921 g/mol. The van der Waals surface area contributed by atoms with Crippen LogP contribution in [0.25, 0.3) is 0 Å². The molecule has 390 valence electrons. The predicted molar refractivity (Wildman–Crippen MR) is 264 cm³/mol. The second-order valence-electron chi connectivity index (χ2n) is 17.6. The second kappa shape index (κ2) is 29.5. The van der Waals surface area contributed by atoms with Gasteiger partial charge >= 0.3 is 1.43 Å². The van der Waals surface area contributed by atoms with E-state index in [4.69, 9.17) is 0 Å². The van der Waals surface area contributed by atoms with Crippen LogP contribution in [0.5, 0.6) is 0 Å². The summed E-state index contributed by atoms with van der Waals surface area (Å²) >= 11 is 0. The van der Waals surface area contributed by atoms with Crippen LogP contribution in [0.2, 0.25) is 0 Å². The van der Waals surface area contributed by atoms with E-state index >= 15 is 0 Å². The van der Waals surface area contributed by atoms with Gasteiger partial charge in [-0.05, 0) is 65.7 Å². The molecule has 70 heavy (non-hydrogen) atoms. The lowest BCUT2D eigenvalue weighted by atomic mass is 9.74. The van der Waals surface area contributed by atoms with E-state index in [0.717, 1.165) is 76.2 Å². The summed E-state index contributed by atoms with van der Waals surface area (Å²) in [4.78, 5) is 93.2. The van der Waals surface area contributed by atoms with Gasteiger partial charge in [0.2, 0.25) is 0 Å². The summed E-state index contributed by atoms with van der Waals surface area (Å²) in [6.45, 7) is 13.4. The quantitative estimate of drug-likeness (QED) is 0.148. The number of nitrogens with one attached hydrogen (secondary N) is 1. The molecule has 6 heterocycles. The first-order valence-electron chi connectivity index (χ1n) is 22.3. The van der Waals surface area contributed by atoms with Gasteiger partial charge in [0.1, 0.15) is 28.6 Å². The first kappa shape index (κ1) is 61.5. The first-order chi connectivity index (χ1) is 32.4. The largest absolute Gasteiger partial charge is 1.00 e. The van der Waals surface area contributed by atoms with Gasteiger partial charge in [0, 0.05) is 103 Å². The number of hydrazone groups is 6. The Labute approximate surface area is 408 Å². The number of carbonyl (C=O) groups is 4. The van der Waals surface area contributed by atoms with Crippen molar-refractivity contribution >= 4 is 59.7 Å². The molecule has 28 nitrogen and oxygen atoms in total. The molecule has 6 aliphatic rings. The Morgan fingerprint density at radius 2 is 1.14 bits per heavy atom. The molecule has 6 aliphatic heterocycles. The Hall–Kier alpha value is -6.52. The van der Waals surface area contributed by atoms with Gasteiger partial charge in [0.05, 0.1) is 50.5 Å². The Kier molecular flexibility index (Phi) is 25.9. The number of nitrogens with zero attached hydrogens (tertiary/aromatic N) is 15. The fourth-order valence-corrected chi connectivity index (χ4v) is 8.70. The summed E-state index contributed by atoms with van der Waals surface area (Å²) in [6, 6.07) is 0. The molecule has 0 radical (unpaired) electrons. The fraction of sp³-hybridized carbons (Fsp3) is 0.714. The second-order valence-corrected chi connectivity index (χ2v) is 17.6. The van der Waals surface area contributed by atoms with E-state index in [0.29, 0.717) is 63.8 Å². The minimum absolute atomic E-state index is 0. The topological polar surface area (TPSA) is 343 Å². The van der Waals surface area contributed by atoms with Crippen molar-refractivity contribution in [2.75, 3.05) is 87.6 Å². The molecule has 0 saturated carbocycles. The van der Waals surface area contributed by atoms with Crippen molar-refractivity contribution in [1.82, 2.24) is 30.0 Å². The lowest BCUT2D eigenvalue weighted by molar-refractivity contribution is -0.484. The lowest BCUT2D eigenvalue weighted by Crippen LogP contribution is -2.51. The van der Waals surface area contributed by atoms with E-state index in [9.17, 15) is 59.6 Å². The van der Waals surface area contributed by atoms with Crippen LogP contribution in [0.3, 0.4) is 0 Å². The van der Waals surface area contributed by atoms with Crippen LogP contribution in [-0.4, -0.2) is 192 Å². The molecule has 1 N–H and O–H groups in total. The smallest absolute Gasteiger partial charge is 0.315 e. The fourth-order valence-electron chi connectivity index (χ4n) is 8.70. The number of fused-ring (bicyclic) bond motifs is 2. The number of nitro groups is 4. The number of rotatable bonds is 14. The molecule has 0 aromatic rings. The molecule has 0 aliphatic carbocycles. The number of hydrogen-bond acceptors (Lipinski definition) is 18. The minimum atomic E-state index is -0.790. The van der Waals surface area contributed by atoms with Gasteiger partial charge in [-0.1, -0.05) is 27.9 Å². The number of ketones is 2. The van der Waals surface area contributed by atoms with Crippen LogP contribution in [-0.2, 0) is 19.2 Å². The number of carbonyl (C=O) groups excluding carboxylic acids is 4. The van der Waals surface area contributed by atoms with Crippen molar-refractivity contribution in [1.29, 1.82) is 0 Å². The molecule has 0 spiro atoms. The molecule has 6 rings (SSSR count). The average Bonchev–Trinajstić information content (AvgIpc) is 3.68. The van der Waals surface area contributed by atoms with Crippen LogP contribution >= 0.6 is 0 Å². The maximum absolute atomic E-state index is 12.3. The summed E-state index contributed by atoms with van der Waals surface area (Å²) < 4.78 is 0. The highest BCUT2D eigenvalue weighted by Gasteiger charge is 2.52. The molecule has 2 amide bonds. The highest BCUT2D eigenvalue weighted by molar-refractivity contribution is 6.13. The van der Waals surface area contributed by atoms with E-state index in [1.807, 2.05) is 27.9 Å². The van der Waals surface area contributed by atoms with Gasteiger partial charge in [-0.3, -0.25) is 19.2 Å². The highest BCUT2D eigenvalue weighted by atomic mass is 16.7. The minimum Gasteiger partial charge on any atom is -0.315 e. The van der Waals surface area contributed by atoms with Gasteiger partial charge in [-0.2, -0.15) is 10.2 Å². The summed E-state index contributed by atoms with van der Waals surface area (Å²) in [5.74, 6) is 0.875. The zero-order valence-corrected chi connectivity index (χ0v) is 40.5. The van der Waals surface area contributed by atoms with Crippen molar-refractivity contribution in [3.8, 4) is 0 Å². The van der Waals surface area contributed by atoms with Gasteiger partial charge in [-0.25, -0.2) is 50.5 Å². The Morgan fingerprint density at radius 1 is 0.686 bits per heavy atom. The number of hydrogen-bond donors (Lipinski definition) is 1. The zero-order chi connectivity index (χ0) is 52.0. The van der Waals surface area contributed by atoms with Crippen molar-refractivity contribution in [2.45, 2.75) is 85.5 Å². The van der Waals surface area contributed by atoms with Crippen molar-refractivity contribution in [2.24, 2.45) is 52.8 Å². The third-order valence-corrected chi connectivity index (χ3v) is 12.2. The molecule has 4 atom stereocenters. The zero-order valence-electron chi connectivity index (χ0n) is 41.5. The Bertz CT molecular complexity index is 2070. The normalized spacial score (nSPS) is 25.8. The van der Waals surface area contributed by atoms with E-state index < -0.39 is 31.0 Å². The third kappa shape index (κ3) is 19.1. The van der Waals surface area contributed by atoms with E-state index in [1.54, 1.807) is 14.1 Å². The molecule has 4 fully saturated rings. The molecule has 0 bridgehead atoms. The van der Waals surface area contributed by atoms with E-state index in [2.05, 4.69) is 64.3 Å². The van der Waals surface area contributed by atoms with Crippen molar-refractivity contribution in [3.05, 3.63) is 53.1 Å².